The van der Waals surface area contributed by atoms with Gasteiger partial charge in [-0.3, -0.25) is 15.0 Å². The number of nitro benzene ring substituents is 1. The van der Waals surface area contributed by atoms with E-state index in [1.807, 2.05) is 24.3 Å². The molecule has 0 aliphatic carbocycles. The van der Waals surface area contributed by atoms with Gasteiger partial charge < -0.3 is 9.47 Å². The minimum absolute atomic E-state index is 0.0477. The van der Waals surface area contributed by atoms with Gasteiger partial charge in [0.25, 0.3) is 0 Å². The minimum Gasteiger partial charge on any atom is -0.487 e. The van der Waals surface area contributed by atoms with Crippen molar-refractivity contribution in [1.29, 1.82) is 0 Å². The second kappa shape index (κ2) is 7.82. The van der Waals surface area contributed by atoms with Crippen LogP contribution in [0.3, 0.4) is 0 Å². The summed E-state index contributed by atoms with van der Waals surface area (Å²) in [7, 11) is 0. The van der Waals surface area contributed by atoms with Gasteiger partial charge in [-0.2, -0.15) is 0 Å². The van der Waals surface area contributed by atoms with Gasteiger partial charge in [0.1, 0.15) is 6.61 Å². The molecular weight excluding hydrogens is 358 g/mol. The molecular formula is C21H21N3O4. The van der Waals surface area contributed by atoms with Crippen molar-refractivity contribution in [3.63, 3.8) is 0 Å². The second-order valence-electron chi connectivity index (χ2n) is 6.67. The van der Waals surface area contributed by atoms with Crippen LogP contribution in [-0.4, -0.2) is 34.6 Å². The summed E-state index contributed by atoms with van der Waals surface area (Å²) >= 11 is 0. The first-order valence-electron chi connectivity index (χ1n) is 9.28. The number of fused-ring (bicyclic) bond motifs is 2. The lowest BCUT2D eigenvalue weighted by molar-refractivity contribution is -0.384. The van der Waals surface area contributed by atoms with Gasteiger partial charge >= 0.3 is 5.69 Å². The van der Waals surface area contributed by atoms with E-state index in [4.69, 9.17) is 9.47 Å². The Kier molecular flexibility index (Phi) is 5.08. The molecule has 2 heterocycles. The Labute approximate surface area is 162 Å². The maximum Gasteiger partial charge on any atom is 0.320 e. The molecule has 2 aromatic carbocycles. The first kappa shape index (κ1) is 18.2. The molecule has 0 fully saturated rings. The van der Waals surface area contributed by atoms with Gasteiger partial charge in [0.15, 0.2) is 5.75 Å². The third-order valence-corrected chi connectivity index (χ3v) is 4.74. The molecule has 1 aliphatic rings. The van der Waals surface area contributed by atoms with Crippen LogP contribution in [0.4, 0.5) is 5.69 Å². The lowest BCUT2D eigenvalue weighted by Crippen LogP contribution is -2.25. The molecule has 0 spiro atoms. The fourth-order valence-electron chi connectivity index (χ4n) is 3.50. The Hall–Kier alpha value is -3.19. The number of hydrogen-bond donors (Lipinski definition) is 0. The summed E-state index contributed by atoms with van der Waals surface area (Å²) in [5.74, 6) is 0.805. The molecule has 0 amide bonds. The van der Waals surface area contributed by atoms with Gasteiger partial charge in [0.2, 0.25) is 5.88 Å². The third kappa shape index (κ3) is 3.61. The molecule has 0 bridgehead atoms. The monoisotopic (exact) mass is 379 g/mol. The summed E-state index contributed by atoms with van der Waals surface area (Å²) in [4.78, 5) is 18.1. The quantitative estimate of drug-likeness (QED) is 0.494. The molecule has 144 valence electrons. The van der Waals surface area contributed by atoms with E-state index < -0.39 is 4.92 Å². The van der Waals surface area contributed by atoms with Crippen LogP contribution in [0.25, 0.3) is 10.9 Å². The Balaban J connectivity index is 1.73. The number of rotatable bonds is 5. The Bertz CT molecular complexity index is 1010. The first-order valence-corrected chi connectivity index (χ1v) is 9.28. The maximum atomic E-state index is 11.7. The van der Waals surface area contributed by atoms with Gasteiger partial charge in [-0.15, -0.1) is 0 Å². The van der Waals surface area contributed by atoms with Crippen molar-refractivity contribution < 1.29 is 14.4 Å². The van der Waals surface area contributed by atoms with Crippen LogP contribution in [-0.2, 0) is 13.1 Å². The van der Waals surface area contributed by atoms with E-state index in [1.54, 1.807) is 19.1 Å². The normalized spacial score (nSPS) is 14.2. The van der Waals surface area contributed by atoms with Crippen LogP contribution in [0.1, 0.15) is 18.1 Å². The number of benzene rings is 2. The zero-order valence-corrected chi connectivity index (χ0v) is 15.6. The maximum absolute atomic E-state index is 11.7. The molecule has 0 saturated heterocycles. The molecule has 4 rings (SSSR count). The summed E-state index contributed by atoms with van der Waals surface area (Å²) < 4.78 is 11.3. The molecule has 1 aliphatic heterocycles. The van der Waals surface area contributed by atoms with Crippen molar-refractivity contribution in [3.8, 4) is 11.6 Å². The van der Waals surface area contributed by atoms with Crippen LogP contribution in [0.2, 0.25) is 0 Å². The molecule has 7 heteroatoms. The highest BCUT2D eigenvalue weighted by molar-refractivity contribution is 5.92. The molecule has 3 aromatic rings. The van der Waals surface area contributed by atoms with Crippen molar-refractivity contribution in [1.82, 2.24) is 9.88 Å². The number of pyridine rings is 1. The Morgan fingerprint density at radius 1 is 1.25 bits per heavy atom. The van der Waals surface area contributed by atoms with Crippen molar-refractivity contribution in [3.05, 3.63) is 69.8 Å². The highest BCUT2D eigenvalue weighted by Gasteiger charge is 2.24. The summed E-state index contributed by atoms with van der Waals surface area (Å²) in [6.07, 6.45) is 0. The summed E-state index contributed by atoms with van der Waals surface area (Å²) in [5.41, 5.74) is 2.54. The van der Waals surface area contributed by atoms with E-state index in [-0.39, 0.29) is 11.4 Å². The standard InChI is InChI=1S/C21H21N3O4/c1-2-27-19-9-8-18-17(20(19)24(25)26)12-16-14-23(10-11-28-21(16)22-18)13-15-6-4-3-5-7-15/h3-9,12H,2,10-11,13-14H2,1H3. The fourth-order valence-corrected chi connectivity index (χ4v) is 3.50. The van der Waals surface area contributed by atoms with Gasteiger partial charge in [-0.1, -0.05) is 30.3 Å². The minimum atomic E-state index is -0.402. The van der Waals surface area contributed by atoms with E-state index in [9.17, 15) is 10.1 Å². The highest BCUT2D eigenvalue weighted by atomic mass is 16.6. The highest BCUT2D eigenvalue weighted by Crippen LogP contribution is 2.37. The van der Waals surface area contributed by atoms with Crippen LogP contribution in [0.5, 0.6) is 11.6 Å². The van der Waals surface area contributed by atoms with Crippen molar-refractivity contribution in [2.24, 2.45) is 0 Å². The topological polar surface area (TPSA) is 77.7 Å². The smallest absolute Gasteiger partial charge is 0.320 e. The Morgan fingerprint density at radius 2 is 2.07 bits per heavy atom. The van der Waals surface area contributed by atoms with E-state index in [0.29, 0.717) is 36.5 Å². The zero-order chi connectivity index (χ0) is 19.5. The number of nitrogens with zero attached hydrogens (tertiary/aromatic N) is 3. The van der Waals surface area contributed by atoms with Crippen LogP contribution >= 0.6 is 0 Å². The largest absolute Gasteiger partial charge is 0.487 e. The van der Waals surface area contributed by atoms with Crippen LogP contribution in [0, 0.1) is 10.1 Å². The molecule has 0 N–H and O–H groups in total. The Morgan fingerprint density at radius 3 is 2.82 bits per heavy atom. The zero-order valence-electron chi connectivity index (χ0n) is 15.6. The number of ether oxygens (including phenoxy) is 2. The van der Waals surface area contributed by atoms with Crippen molar-refractivity contribution in [2.75, 3.05) is 19.8 Å². The van der Waals surface area contributed by atoms with E-state index in [2.05, 4.69) is 22.0 Å². The summed E-state index contributed by atoms with van der Waals surface area (Å²) in [6, 6.07) is 15.4. The van der Waals surface area contributed by atoms with E-state index in [0.717, 1.165) is 18.7 Å². The van der Waals surface area contributed by atoms with Crippen molar-refractivity contribution >= 4 is 16.6 Å². The lowest BCUT2D eigenvalue weighted by Gasteiger charge is -2.19. The molecule has 1 aromatic heterocycles. The van der Waals surface area contributed by atoms with Gasteiger partial charge in [-0.05, 0) is 30.7 Å². The van der Waals surface area contributed by atoms with Gasteiger partial charge in [-0.25, -0.2) is 4.98 Å². The molecule has 28 heavy (non-hydrogen) atoms. The molecule has 7 nitrogen and oxygen atoms in total. The predicted molar refractivity (Wildman–Crippen MR) is 106 cm³/mol. The first-order chi connectivity index (χ1) is 13.7. The number of aromatic nitrogens is 1. The fraction of sp³-hybridized carbons (Fsp3) is 0.286. The second-order valence-corrected chi connectivity index (χ2v) is 6.67. The number of hydrogen-bond acceptors (Lipinski definition) is 6. The van der Waals surface area contributed by atoms with Crippen LogP contribution < -0.4 is 9.47 Å². The van der Waals surface area contributed by atoms with E-state index >= 15 is 0 Å². The lowest BCUT2D eigenvalue weighted by atomic mass is 10.1. The van der Waals surface area contributed by atoms with Gasteiger partial charge in [0.05, 0.1) is 22.4 Å². The van der Waals surface area contributed by atoms with Crippen molar-refractivity contribution in [2.45, 2.75) is 20.0 Å². The third-order valence-electron chi connectivity index (χ3n) is 4.74. The van der Waals surface area contributed by atoms with Crippen LogP contribution in [0.15, 0.2) is 48.5 Å². The number of nitro groups is 1. The average molecular weight is 379 g/mol. The van der Waals surface area contributed by atoms with Gasteiger partial charge in [0, 0.05) is 25.2 Å². The molecule has 0 radical (unpaired) electrons. The average Bonchev–Trinajstić information content (AvgIpc) is 2.88. The summed E-state index contributed by atoms with van der Waals surface area (Å²) in [6.45, 7) is 4.84. The van der Waals surface area contributed by atoms with E-state index in [1.165, 1.54) is 5.56 Å². The molecule has 0 unspecified atom stereocenters. The predicted octanol–water partition coefficient (Wildman–Crippen LogP) is 3.94. The molecule has 0 saturated carbocycles. The molecule has 0 atom stereocenters. The summed E-state index contributed by atoms with van der Waals surface area (Å²) in [5, 5.41) is 12.2. The SMILES string of the molecule is CCOc1ccc2nc3c(cc2c1[N+](=O)[O-])CN(Cc1ccccc1)CCO3.